The topological polar surface area (TPSA) is 27.7 Å². The van der Waals surface area contributed by atoms with Gasteiger partial charge >= 0.3 is 9.53 Å². The van der Waals surface area contributed by atoms with Crippen LogP contribution in [0, 0.1) is 0 Å². The van der Waals surface area contributed by atoms with Crippen molar-refractivity contribution in [2.24, 2.45) is 0 Å². The highest BCUT2D eigenvalue weighted by Crippen LogP contribution is 1.83. The van der Waals surface area contributed by atoms with E-state index in [9.17, 15) is 0 Å². The molecule has 0 aliphatic carbocycles. The molecule has 0 atom stereocenters. The molecule has 8 heavy (non-hydrogen) atoms. The van der Waals surface area contributed by atoms with Gasteiger partial charge in [0.15, 0.2) is 0 Å². The van der Waals surface area contributed by atoms with Crippen LogP contribution < -0.4 is 0 Å². The van der Waals surface area contributed by atoms with Crippen molar-refractivity contribution in [2.75, 3.05) is 14.2 Å². The lowest BCUT2D eigenvalue weighted by molar-refractivity contribution is 0.205. The van der Waals surface area contributed by atoms with Crippen LogP contribution in [0.3, 0.4) is 0 Å². The highest BCUT2D eigenvalue weighted by atomic mass is 28.4. The minimum atomic E-state index is -1.31. The summed E-state index contributed by atoms with van der Waals surface area (Å²) < 4.78 is 14.8. The van der Waals surface area contributed by atoms with Gasteiger partial charge < -0.3 is 13.0 Å². The first kappa shape index (κ1) is 8.31. The van der Waals surface area contributed by atoms with E-state index in [4.69, 9.17) is 13.0 Å². The molecule has 0 unspecified atom stereocenters. The van der Waals surface area contributed by atoms with Gasteiger partial charge in [-0.2, -0.15) is 0 Å². The van der Waals surface area contributed by atoms with Gasteiger partial charge in [0.05, 0.1) is 0 Å². The van der Waals surface area contributed by atoms with Gasteiger partial charge in [-0.3, -0.25) is 0 Å². The van der Waals surface area contributed by atoms with E-state index in [1.807, 2.05) is 6.55 Å². The monoisotopic (exact) mass is 151 g/mol. The van der Waals surface area contributed by atoms with Crippen molar-refractivity contribution in [3.05, 3.63) is 0 Å². The molecule has 0 bridgehead atoms. The molecule has 0 amide bonds. The maximum Gasteiger partial charge on any atom is 0.565 e. The Morgan fingerprint density at radius 2 is 1.75 bits per heavy atom. The van der Waals surface area contributed by atoms with E-state index < -0.39 is 9.53 Å². The van der Waals surface area contributed by atoms with Gasteiger partial charge in [0.2, 0.25) is 0 Å². The molecular weight excluding hydrogens is 140 g/mol. The molecule has 0 aromatic rings. The lowest BCUT2D eigenvalue weighted by atomic mass is 11.8. The van der Waals surface area contributed by atoms with Crippen molar-refractivity contribution >= 4 is 19.3 Å². The summed E-state index contributed by atoms with van der Waals surface area (Å²) in [6, 6.07) is 0. The zero-order valence-electron chi connectivity index (χ0n) is 5.43. The highest BCUT2D eigenvalue weighted by Gasteiger charge is 2.11. The van der Waals surface area contributed by atoms with E-state index in [2.05, 4.69) is 0 Å². The first-order chi connectivity index (χ1) is 3.85. The van der Waals surface area contributed by atoms with Crippen LogP contribution in [-0.2, 0) is 13.0 Å². The second-order valence-corrected chi connectivity index (χ2v) is 4.14. The molecule has 0 spiro atoms. The smallest absolute Gasteiger partial charge is 0.419 e. The van der Waals surface area contributed by atoms with E-state index in [0.717, 1.165) is 0 Å². The predicted molar refractivity (Wildman–Crippen MR) is 35.3 cm³/mol. The average molecular weight is 151 g/mol. The second-order valence-electron chi connectivity index (χ2n) is 1.09. The molecule has 3 nitrogen and oxygen atoms in total. The first-order valence-corrected chi connectivity index (χ1v) is 5.64. The second kappa shape index (κ2) is 5.45. The third-order valence-electron chi connectivity index (χ3n) is 0.596. The molecule has 0 aromatic heterocycles. The largest absolute Gasteiger partial charge is 0.565 e. The van der Waals surface area contributed by atoms with Crippen LogP contribution in [-0.4, -0.2) is 33.5 Å². The summed E-state index contributed by atoms with van der Waals surface area (Å²) in [7, 11) is 1.53. The Kier molecular flexibility index (Phi) is 5.66. The van der Waals surface area contributed by atoms with Crippen molar-refractivity contribution in [1.82, 2.24) is 0 Å². The Morgan fingerprint density at radius 1 is 1.25 bits per heavy atom. The van der Waals surface area contributed by atoms with Crippen molar-refractivity contribution in [3.63, 3.8) is 0 Å². The van der Waals surface area contributed by atoms with E-state index in [-0.39, 0.29) is 9.76 Å². The third kappa shape index (κ3) is 3.33. The molecule has 49 valence electrons. The Morgan fingerprint density at radius 3 is 1.88 bits per heavy atom. The standard InChI is InChI=1S/C3H11O3Si2/c1-4-8(5-2)6-7-3/h7H2,1-3H3. The van der Waals surface area contributed by atoms with Gasteiger partial charge in [-0.1, -0.05) is 6.55 Å². The van der Waals surface area contributed by atoms with Gasteiger partial charge in [-0.05, 0) is 0 Å². The molecule has 0 N–H and O–H groups in total. The van der Waals surface area contributed by atoms with Crippen LogP contribution in [0.1, 0.15) is 0 Å². The molecule has 0 aliphatic rings. The van der Waals surface area contributed by atoms with Gasteiger partial charge in [-0.25, -0.2) is 0 Å². The van der Waals surface area contributed by atoms with Crippen LogP contribution in [0.2, 0.25) is 6.55 Å². The molecule has 5 heteroatoms. The molecule has 0 heterocycles. The fraction of sp³-hybridized carbons (Fsp3) is 1.00. The zero-order chi connectivity index (χ0) is 6.41. The highest BCUT2D eigenvalue weighted by molar-refractivity contribution is 6.47. The van der Waals surface area contributed by atoms with Crippen LogP contribution in [0.4, 0.5) is 0 Å². The van der Waals surface area contributed by atoms with E-state index in [1.54, 1.807) is 14.2 Å². The maximum atomic E-state index is 5.14. The quantitative estimate of drug-likeness (QED) is 0.503. The van der Waals surface area contributed by atoms with Crippen LogP contribution in [0.5, 0.6) is 0 Å². The van der Waals surface area contributed by atoms with Gasteiger partial charge in [0, 0.05) is 14.2 Å². The van der Waals surface area contributed by atoms with Gasteiger partial charge in [0.25, 0.3) is 0 Å². The lowest BCUT2D eigenvalue weighted by Gasteiger charge is -2.05. The molecule has 0 aromatic carbocycles. The van der Waals surface area contributed by atoms with E-state index >= 15 is 0 Å². The summed E-state index contributed by atoms with van der Waals surface area (Å²) >= 11 is 0. The molecule has 0 rings (SSSR count). The summed E-state index contributed by atoms with van der Waals surface area (Å²) in [6.45, 7) is 2.04. The number of hydrogen-bond acceptors (Lipinski definition) is 3. The molecular formula is C3H11O3Si2. The molecule has 0 saturated carbocycles. The van der Waals surface area contributed by atoms with Crippen molar-refractivity contribution < 1.29 is 13.0 Å². The van der Waals surface area contributed by atoms with Crippen molar-refractivity contribution in [1.29, 1.82) is 0 Å². The van der Waals surface area contributed by atoms with E-state index in [1.165, 1.54) is 0 Å². The van der Waals surface area contributed by atoms with Crippen LogP contribution in [0.15, 0.2) is 0 Å². The number of hydrogen-bond donors (Lipinski definition) is 0. The normalized spacial score (nSPS) is 12.0. The zero-order valence-corrected chi connectivity index (χ0v) is 7.85. The molecule has 0 aliphatic heterocycles. The third-order valence-corrected chi connectivity index (χ3v) is 3.36. The first-order valence-electron chi connectivity index (χ1n) is 2.42. The fourth-order valence-electron chi connectivity index (χ4n) is 0.319. The minimum Gasteiger partial charge on any atom is -0.419 e. The number of rotatable bonds is 4. The minimum absolute atomic E-state index is 0.360. The van der Waals surface area contributed by atoms with Crippen LogP contribution >= 0.6 is 0 Å². The summed E-state index contributed by atoms with van der Waals surface area (Å²) in [4.78, 5) is 0. The summed E-state index contributed by atoms with van der Waals surface area (Å²) in [6.07, 6.45) is 0. The molecule has 0 saturated heterocycles. The Bertz CT molecular complexity index is 47.8. The Balaban J connectivity index is 3.07. The molecule has 1 radical (unpaired) electrons. The van der Waals surface area contributed by atoms with Gasteiger partial charge in [0.1, 0.15) is 9.76 Å². The van der Waals surface area contributed by atoms with Crippen molar-refractivity contribution in [3.8, 4) is 0 Å². The summed E-state index contributed by atoms with van der Waals surface area (Å²) in [5.41, 5.74) is 0. The van der Waals surface area contributed by atoms with Crippen molar-refractivity contribution in [2.45, 2.75) is 6.55 Å². The van der Waals surface area contributed by atoms with Crippen LogP contribution in [0.25, 0.3) is 0 Å². The maximum absolute atomic E-state index is 5.14. The summed E-state index contributed by atoms with van der Waals surface area (Å²) in [5, 5.41) is 0. The SMILES string of the molecule is CO[Si](OC)O[SiH2]C. The summed E-state index contributed by atoms with van der Waals surface area (Å²) in [5.74, 6) is 0. The predicted octanol–water partition coefficient (Wildman–Crippen LogP) is -0.587. The lowest BCUT2D eigenvalue weighted by Crippen LogP contribution is -2.24. The average Bonchev–Trinajstić information content (AvgIpc) is 1.83. The van der Waals surface area contributed by atoms with E-state index in [0.29, 0.717) is 0 Å². The Hall–Kier alpha value is 0.314. The van der Waals surface area contributed by atoms with Gasteiger partial charge in [-0.15, -0.1) is 0 Å². The fourth-order valence-corrected chi connectivity index (χ4v) is 2.37. The Labute approximate surface area is 53.9 Å². The molecule has 0 fully saturated rings.